The van der Waals surface area contributed by atoms with Gasteiger partial charge in [0.15, 0.2) is 18.1 Å². The number of aryl methyl sites for hydroxylation is 1. The molecule has 1 aliphatic rings. The van der Waals surface area contributed by atoms with E-state index in [9.17, 15) is 19.2 Å². The molecule has 0 saturated carbocycles. The van der Waals surface area contributed by atoms with Crippen LogP contribution in [0.1, 0.15) is 23.6 Å². The molecule has 0 radical (unpaired) electrons. The molecule has 1 aliphatic heterocycles. The summed E-state index contributed by atoms with van der Waals surface area (Å²) in [4.78, 5) is 52.0. The van der Waals surface area contributed by atoms with E-state index in [2.05, 4.69) is 10.6 Å². The second kappa shape index (κ2) is 12.5. The predicted octanol–water partition coefficient (Wildman–Crippen LogP) is 5.64. The normalized spacial score (nSPS) is 14.3. The minimum absolute atomic E-state index is 0.247. The van der Waals surface area contributed by atoms with Gasteiger partial charge in [-0.15, -0.1) is 0 Å². The zero-order valence-corrected chi connectivity index (χ0v) is 24.8. The monoisotopic (exact) mass is 673 g/mol. The van der Waals surface area contributed by atoms with Gasteiger partial charge in [-0.2, -0.15) is 0 Å². The Morgan fingerprint density at radius 1 is 1.07 bits per heavy atom. The van der Waals surface area contributed by atoms with Gasteiger partial charge in [-0.05, 0) is 97.0 Å². The number of anilines is 2. The van der Waals surface area contributed by atoms with E-state index in [1.807, 2.05) is 41.6 Å². The highest BCUT2D eigenvalue weighted by Crippen LogP contribution is 2.36. The van der Waals surface area contributed by atoms with Gasteiger partial charge in [-0.25, -0.2) is 9.69 Å². The maximum Gasteiger partial charge on any atom is 0.335 e. The molecule has 9 nitrogen and oxygen atoms in total. The lowest BCUT2D eigenvalue weighted by Gasteiger charge is -2.27. The first kappa shape index (κ1) is 29.1. The van der Waals surface area contributed by atoms with Crippen LogP contribution in [0, 0.1) is 17.4 Å². The first-order valence-electron chi connectivity index (χ1n) is 12.2. The van der Waals surface area contributed by atoms with Gasteiger partial charge < -0.3 is 14.8 Å². The highest BCUT2D eigenvalue weighted by molar-refractivity contribution is 14.1. The quantitative estimate of drug-likeness (QED) is 0.182. The summed E-state index contributed by atoms with van der Waals surface area (Å²) >= 11 is 8.22. The number of benzene rings is 3. The Morgan fingerprint density at radius 3 is 2.50 bits per heavy atom. The molecule has 0 aromatic heterocycles. The summed E-state index contributed by atoms with van der Waals surface area (Å²) in [5.41, 5.74) is 2.72. The van der Waals surface area contributed by atoms with Crippen molar-refractivity contribution >= 4 is 75.4 Å². The number of urea groups is 1. The van der Waals surface area contributed by atoms with Crippen molar-refractivity contribution in [3.63, 3.8) is 0 Å². The lowest BCUT2D eigenvalue weighted by molar-refractivity contribution is -0.122. The fourth-order valence-electron chi connectivity index (χ4n) is 3.93. The molecule has 3 aromatic rings. The van der Waals surface area contributed by atoms with Gasteiger partial charge in [0.1, 0.15) is 5.57 Å². The predicted molar refractivity (Wildman–Crippen MR) is 161 cm³/mol. The second-order valence-corrected chi connectivity index (χ2v) is 10.4. The molecule has 0 atom stereocenters. The van der Waals surface area contributed by atoms with Crippen molar-refractivity contribution < 1.29 is 28.7 Å². The number of ether oxygens (including phenoxy) is 2. The lowest BCUT2D eigenvalue weighted by Crippen LogP contribution is -2.54. The highest BCUT2D eigenvalue weighted by atomic mass is 127. The van der Waals surface area contributed by atoms with Crippen molar-refractivity contribution in [2.45, 2.75) is 20.8 Å². The Kier molecular flexibility index (Phi) is 9.10. The smallest absolute Gasteiger partial charge is 0.335 e. The number of halogens is 2. The maximum atomic E-state index is 13.4. The Morgan fingerprint density at radius 2 is 1.80 bits per heavy atom. The Labute approximate surface area is 249 Å². The SMILES string of the molecule is CCOc1cc(/C=C2\C(=O)NC(=O)N(c3cccc(Cl)c3C)C2=O)cc(I)c1OCC(=O)Nc1ccc(C)cc1. The molecule has 0 aliphatic carbocycles. The van der Waals surface area contributed by atoms with Crippen molar-refractivity contribution in [3.8, 4) is 11.5 Å². The molecule has 5 amide bonds. The number of barbiturate groups is 1. The molecule has 1 heterocycles. The Balaban J connectivity index is 1.60. The van der Waals surface area contributed by atoms with Crippen molar-refractivity contribution in [1.29, 1.82) is 0 Å². The number of carbonyl (C=O) groups is 4. The van der Waals surface area contributed by atoms with Crippen molar-refractivity contribution in [3.05, 3.63) is 85.5 Å². The number of nitrogens with zero attached hydrogens (tertiary/aromatic N) is 1. The number of hydrogen-bond donors (Lipinski definition) is 2. The van der Waals surface area contributed by atoms with Crippen LogP contribution in [0.15, 0.2) is 60.2 Å². The summed E-state index contributed by atoms with van der Waals surface area (Å²) in [5, 5.41) is 5.36. The van der Waals surface area contributed by atoms with Gasteiger partial charge in [0.25, 0.3) is 17.7 Å². The lowest BCUT2D eigenvalue weighted by atomic mass is 10.1. The number of hydrogen-bond acceptors (Lipinski definition) is 6. The molecule has 3 aromatic carbocycles. The Bertz CT molecular complexity index is 1540. The van der Waals surface area contributed by atoms with Gasteiger partial charge in [-0.3, -0.25) is 19.7 Å². The first-order chi connectivity index (χ1) is 19.1. The molecular weight excluding hydrogens is 649 g/mol. The van der Waals surface area contributed by atoms with Crippen LogP contribution in [0.5, 0.6) is 11.5 Å². The van der Waals surface area contributed by atoms with Crippen LogP contribution in [-0.2, 0) is 14.4 Å². The van der Waals surface area contributed by atoms with E-state index >= 15 is 0 Å². The summed E-state index contributed by atoms with van der Waals surface area (Å²) < 4.78 is 12.1. The minimum Gasteiger partial charge on any atom is -0.490 e. The molecule has 1 saturated heterocycles. The molecule has 4 rings (SSSR count). The summed E-state index contributed by atoms with van der Waals surface area (Å²) in [6, 6.07) is 14.6. The van der Waals surface area contributed by atoms with Crippen molar-refractivity contribution in [2.75, 3.05) is 23.4 Å². The van der Waals surface area contributed by atoms with Gasteiger partial charge >= 0.3 is 6.03 Å². The van der Waals surface area contributed by atoms with Crippen molar-refractivity contribution in [1.82, 2.24) is 5.32 Å². The summed E-state index contributed by atoms with van der Waals surface area (Å²) in [5.74, 6) is -1.30. The van der Waals surface area contributed by atoms with Crippen LogP contribution < -0.4 is 25.0 Å². The molecule has 0 spiro atoms. The summed E-state index contributed by atoms with van der Waals surface area (Å²) in [6.45, 7) is 5.46. The molecule has 11 heteroatoms. The number of amides is 5. The van der Waals surface area contributed by atoms with Gasteiger partial charge in [0, 0.05) is 10.7 Å². The van der Waals surface area contributed by atoms with Gasteiger partial charge in [0.2, 0.25) is 0 Å². The van der Waals surface area contributed by atoms with Crippen LogP contribution in [0.2, 0.25) is 5.02 Å². The number of rotatable bonds is 8. The zero-order chi connectivity index (χ0) is 29.0. The highest BCUT2D eigenvalue weighted by Gasteiger charge is 2.37. The van der Waals surface area contributed by atoms with Crippen LogP contribution in [-0.4, -0.2) is 37.0 Å². The zero-order valence-electron chi connectivity index (χ0n) is 21.8. The van der Waals surface area contributed by atoms with Crippen LogP contribution in [0.3, 0.4) is 0 Å². The van der Waals surface area contributed by atoms with Gasteiger partial charge in [0.05, 0.1) is 15.9 Å². The fourth-order valence-corrected chi connectivity index (χ4v) is 4.88. The largest absolute Gasteiger partial charge is 0.490 e. The standard InChI is InChI=1S/C29H25ClIN3O6/c1-4-39-24-14-18(13-22(31)26(24)40-15-25(35)32-19-10-8-16(2)9-11-19)12-20-27(36)33-29(38)34(28(20)37)23-7-5-6-21(30)17(23)3/h5-14H,4,15H2,1-3H3,(H,32,35)(H,33,36,38)/b20-12+. The van der Waals surface area contributed by atoms with E-state index in [0.717, 1.165) is 10.5 Å². The molecule has 0 unspecified atom stereocenters. The third-order valence-electron chi connectivity index (χ3n) is 5.91. The van der Waals surface area contributed by atoms with E-state index in [4.69, 9.17) is 21.1 Å². The van der Waals surface area contributed by atoms with Crippen molar-refractivity contribution in [2.24, 2.45) is 0 Å². The third-order valence-corrected chi connectivity index (χ3v) is 7.12. The first-order valence-corrected chi connectivity index (χ1v) is 13.7. The molecule has 2 N–H and O–H groups in total. The average Bonchev–Trinajstić information content (AvgIpc) is 2.90. The average molecular weight is 674 g/mol. The van der Waals surface area contributed by atoms with Crippen LogP contribution >= 0.6 is 34.2 Å². The van der Waals surface area contributed by atoms with E-state index in [0.29, 0.717) is 43.5 Å². The maximum absolute atomic E-state index is 13.4. The van der Waals surface area contributed by atoms with E-state index < -0.39 is 17.8 Å². The topological polar surface area (TPSA) is 114 Å². The minimum atomic E-state index is -0.866. The number of nitrogens with one attached hydrogen (secondary N) is 2. The second-order valence-electron chi connectivity index (χ2n) is 8.81. The fraction of sp³-hybridized carbons (Fsp3) is 0.172. The summed E-state index contributed by atoms with van der Waals surface area (Å²) in [6.07, 6.45) is 1.37. The van der Waals surface area contributed by atoms with Crippen LogP contribution in [0.4, 0.5) is 16.2 Å². The van der Waals surface area contributed by atoms with E-state index in [1.54, 1.807) is 56.3 Å². The number of carbonyl (C=O) groups excluding carboxylic acids is 4. The number of imide groups is 2. The molecule has 40 heavy (non-hydrogen) atoms. The summed E-state index contributed by atoms with van der Waals surface area (Å²) in [7, 11) is 0. The molecule has 1 fully saturated rings. The molecule has 0 bridgehead atoms. The van der Waals surface area contributed by atoms with E-state index in [-0.39, 0.29) is 23.8 Å². The molecule has 206 valence electrons. The molecular formula is C29H25ClIN3O6. The van der Waals surface area contributed by atoms with Gasteiger partial charge in [-0.1, -0.05) is 35.4 Å². The third kappa shape index (κ3) is 6.45. The van der Waals surface area contributed by atoms with Crippen LogP contribution in [0.25, 0.3) is 6.08 Å². The van der Waals surface area contributed by atoms with E-state index in [1.165, 1.54) is 6.08 Å². The Hall–Kier alpha value is -3.90.